The van der Waals surface area contributed by atoms with Crippen molar-refractivity contribution in [3.8, 4) is 11.5 Å². The fourth-order valence-corrected chi connectivity index (χ4v) is 1.81. The van der Waals surface area contributed by atoms with Gasteiger partial charge in [-0.2, -0.15) is 5.10 Å². The highest BCUT2D eigenvalue weighted by molar-refractivity contribution is 9.10. The third-order valence-electron chi connectivity index (χ3n) is 2.15. The molecule has 5 heteroatoms. The van der Waals surface area contributed by atoms with Gasteiger partial charge in [-0.3, -0.25) is 4.68 Å². The Morgan fingerprint density at radius 1 is 1.47 bits per heavy atom. The quantitative estimate of drug-likeness (QED) is 0.944. The maximum absolute atomic E-state index is 5.70. The van der Waals surface area contributed by atoms with E-state index in [-0.39, 0.29) is 6.04 Å². The minimum atomic E-state index is 0.0752. The Kier molecular flexibility index (Phi) is 3.81. The van der Waals surface area contributed by atoms with Gasteiger partial charge in [-0.05, 0) is 35.0 Å². The van der Waals surface area contributed by atoms with Crippen LogP contribution in [0.15, 0.2) is 41.1 Å². The molecule has 0 bridgehead atoms. The van der Waals surface area contributed by atoms with Crippen LogP contribution in [0.3, 0.4) is 0 Å². The van der Waals surface area contributed by atoms with Crippen molar-refractivity contribution in [2.75, 3.05) is 0 Å². The highest BCUT2D eigenvalue weighted by Crippen LogP contribution is 2.28. The zero-order chi connectivity index (χ0) is 12.3. The summed E-state index contributed by atoms with van der Waals surface area (Å²) in [5.41, 5.74) is 5.70. The van der Waals surface area contributed by atoms with Crippen molar-refractivity contribution in [1.82, 2.24) is 9.78 Å². The van der Waals surface area contributed by atoms with E-state index in [0.717, 1.165) is 10.2 Å². The average molecular weight is 296 g/mol. The average Bonchev–Trinajstić information content (AvgIpc) is 2.68. The summed E-state index contributed by atoms with van der Waals surface area (Å²) < 4.78 is 8.39. The number of nitrogens with zero attached hydrogens (tertiary/aromatic N) is 2. The van der Waals surface area contributed by atoms with Gasteiger partial charge in [-0.1, -0.05) is 12.1 Å². The molecule has 0 spiro atoms. The van der Waals surface area contributed by atoms with Crippen molar-refractivity contribution in [2.45, 2.75) is 19.5 Å². The van der Waals surface area contributed by atoms with Crippen molar-refractivity contribution >= 4 is 15.9 Å². The lowest BCUT2D eigenvalue weighted by Crippen LogP contribution is -2.22. The van der Waals surface area contributed by atoms with Crippen LogP contribution in [0, 0.1) is 0 Å². The molecule has 1 atom stereocenters. The predicted octanol–water partition coefficient (Wildman–Crippen LogP) is 2.79. The maximum atomic E-state index is 5.70. The highest BCUT2D eigenvalue weighted by Gasteiger charge is 2.05. The Morgan fingerprint density at radius 2 is 2.24 bits per heavy atom. The van der Waals surface area contributed by atoms with Crippen LogP contribution in [-0.4, -0.2) is 15.8 Å². The summed E-state index contributed by atoms with van der Waals surface area (Å²) in [7, 11) is 0. The first-order chi connectivity index (χ1) is 8.15. The van der Waals surface area contributed by atoms with Crippen LogP contribution in [0.5, 0.6) is 11.5 Å². The van der Waals surface area contributed by atoms with Gasteiger partial charge in [0.15, 0.2) is 5.75 Å². The molecule has 2 N–H and O–H groups in total. The molecule has 0 aliphatic heterocycles. The molecule has 2 rings (SSSR count). The van der Waals surface area contributed by atoms with Gasteiger partial charge in [0.05, 0.1) is 23.4 Å². The topological polar surface area (TPSA) is 53.1 Å². The fourth-order valence-electron chi connectivity index (χ4n) is 1.45. The van der Waals surface area contributed by atoms with Gasteiger partial charge >= 0.3 is 0 Å². The van der Waals surface area contributed by atoms with E-state index in [2.05, 4.69) is 21.0 Å². The predicted molar refractivity (Wildman–Crippen MR) is 70.1 cm³/mol. The number of ether oxygens (including phenoxy) is 1. The monoisotopic (exact) mass is 295 g/mol. The Balaban J connectivity index is 2.09. The summed E-state index contributed by atoms with van der Waals surface area (Å²) in [5, 5.41) is 4.18. The number of hydrogen-bond acceptors (Lipinski definition) is 3. The van der Waals surface area contributed by atoms with Gasteiger partial charge in [0, 0.05) is 6.04 Å². The largest absolute Gasteiger partial charge is 0.453 e. The van der Waals surface area contributed by atoms with Crippen molar-refractivity contribution in [2.24, 2.45) is 5.73 Å². The second kappa shape index (κ2) is 5.33. The first-order valence-electron chi connectivity index (χ1n) is 5.35. The second-order valence-electron chi connectivity index (χ2n) is 3.91. The van der Waals surface area contributed by atoms with Crippen LogP contribution in [-0.2, 0) is 6.54 Å². The first-order valence-corrected chi connectivity index (χ1v) is 6.15. The first kappa shape index (κ1) is 12.1. The van der Waals surface area contributed by atoms with Crippen LogP contribution in [0.4, 0.5) is 0 Å². The fraction of sp³-hybridized carbons (Fsp3) is 0.250. The minimum absolute atomic E-state index is 0.0752. The molecule has 0 amide bonds. The maximum Gasteiger partial charge on any atom is 0.165 e. The molecule has 17 heavy (non-hydrogen) atoms. The van der Waals surface area contributed by atoms with Crippen LogP contribution in [0.25, 0.3) is 0 Å². The normalized spacial score (nSPS) is 12.4. The van der Waals surface area contributed by atoms with Crippen LogP contribution >= 0.6 is 15.9 Å². The van der Waals surface area contributed by atoms with Crippen molar-refractivity contribution in [1.29, 1.82) is 0 Å². The number of halogens is 1. The van der Waals surface area contributed by atoms with E-state index in [1.807, 2.05) is 37.4 Å². The van der Waals surface area contributed by atoms with E-state index < -0.39 is 0 Å². The summed E-state index contributed by atoms with van der Waals surface area (Å²) in [6.07, 6.45) is 3.52. The number of nitrogens with two attached hydrogens (primary N) is 1. The number of rotatable bonds is 4. The lowest BCUT2D eigenvalue weighted by Gasteiger charge is -2.05. The third kappa shape index (κ3) is 3.31. The van der Waals surface area contributed by atoms with Gasteiger partial charge in [0.25, 0.3) is 0 Å². The number of benzene rings is 1. The molecule has 4 nitrogen and oxygen atoms in total. The molecule has 0 fully saturated rings. The third-order valence-corrected chi connectivity index (χ3v) is 2.80. The van der Waals surface area contributed by atoms with E-state index in [1.165, 1.54) is 0 Å². The van der Waals surface area contributed by atoms with E-state index in [0.29, 0.717) is 12.3 Å². The zero-order valence-electron chi connectivity index (χ0n) is 9.51. The Bertz CT molecular complexity index is 496. The molecule has 1 unspecified atom stereocenters. The Hall–Kier alpha value is -1.33. The van der Waals surface area contributed by atoms with E-state index in [1.54, 1.807) is 10.9 Å². The molecule has 0 aliphatic rings. The minimum Gasteiger partial charge on any atom is -0.453 e. The van der Waals surface area contributed by atoms with E-state index in [9.17, 15) is 0 Å². The number of hydrogen-bond donors (Lipinski definition) is 1. The molecule has 1 aromatic carbocycles. The second-order valence-corrected chi connectivity index (χ2v) is 4.76. The smallest absolute Gasteiger partial charge is 0.165 e. The summed E-state index contributed by atoms with van der Waals surface area (Å²) in [5.74, 6) is 1.48. The standard InChI is InChI=1S/C12H14BrN3O/c1-9(14)7-16-8-10(6-15-16)17-12-5-3-2-4-11(12)13/h2-6,8-9H,7,14H2,1H3. The lowest BCUT2D eigenvalue weighted by atomic mass is 10.3. The molecule has 1 aromatic heterocycles. The van der Waals surface area contributed by atoms with Gasteiger partial charge in [-0.25, -0.2) is 0 Å². The van der Waals surface area contributed by atoms with Gasteiger partial charge in [0.1, 0.15) is 5.75 Å². The Labute approximate surface area is 109 Å². The van der Waals surface area contributed by atoms with Crippen molar-refractivity contribution < 1.29 is 4.74 Å². The van der Waals surface area contributed by atoms with Gasteiger partial charge in [-0.15, -0.1) is 0 Å². The van der Waals surface area contributed by atoms with Crippen molar-refractivity contribution in [3.05, 3.63) is 41.1 Å². The highest BCUT2D eigenvalue weighted by atomic mass is 79.9. The van der Waals surface area contributed by atoms with Gasteiger partial charge < -0.3 is 10.5 Å². The molecule has 2 aromatic rings. The molecule has 0 saturated heterocycles. The number of aromatic nitrogens is 2. The van der Waals surface area contributed by atoms with Crippen LogP contribution in [0.2, 0.25) is 0 Å². The van der Waals surface area contributed by atoms with Crippen LogP contribution in [0.1, 0.15) is 6.92 Å². The summed E-state index contributed by atoms with van der Waals surface area (Å²) >= 11 is 3.43. The Morgan fingerprint density at radius 3 is 2.94 bits per heavy atom. The SMILES string of the molecule is CC(N)Cn1cc(Oc2ccccc2Br)cn1. The lowest BCUT2D eigenvalue weighted by molar-refractivity contribution is 0.476. The van der Waals surface area contributed by atoms with Crippen LogP contribution < -0.4 is 10.5 Å². The van der Waals surface area contributed by atoms with E-state index in [4.69, 9.17) is 10.5 Å². The molecule has 90 valence electrons. The summed E-state index contributed by atoms with van der Waals surface area (Å²) in [6, 6.07) is 7.77. The molecular formula is C12H14BrN3O. The number of para-hydroxylation sites is 1. The molecular weight excluding hydrogens is 282 g/mol. The van der Waals surface area contributed by atoms with E-state index >= 15 is 0 Å². The molecule has 1 heterocycles. The van der Waals surface area contributed by atoms with Gasteiger partial charge in [0.2, 0.25) is 0 Å². The summed E-state index contributed by atoms with van der Waals surface area (Å²) in [4.78, 5) is 0. The molecule has 0 radical (unpaired) electrons. The van der Waals surface area contributed by atoms with Crippen molar-refractivity contribution in [3.63, 3.8) is 0 Å². The molecule has 0 aliphatic carbocycles. The summed E-state index contributed by atoms with van der Waals surface area (Å²) in [6.45, 7) is 2.62. The molecule has 0 saturated carbocycles. The zero-order valence-corrected chi connectivity index (χ0v) is 11.1.